The van der Waals surface area contributed by atoms with Crippen LogP contribution in [0.15, 0.2) is 22.7 Å². The number of primary amides is 1. The van der Waals surface area contributed by atoms with Crippen LogP contribution < -0.4 is 16.0 Å². The monoisotopic (exact) mass is 351 g/mol. The molecule has 1 saturated carbocycles. The van der Waals surface area contributed by atoms with Gasteiger partial charge in [-0.25, -0.2) is 0 Å². The Morgan fingerprint density at radius 1 is 1.38 bits per heavy atom. The predicted octanol–water partition coefficient (Wildman–Crippen LogP) is 2.52. The van der Waals surface area contributed by atoms with Gasteiger partial charge >= 0.3 is 0 Å². The zero-order valence-corrected chi connectivity index (χ0v) is 13.7. The first kappa shape index (κ1) is 14.9. The van der Waals surface area contributed by atoms with Crippen LogP contribution >= 0.6 is 15.9 Å². The summed E-state index contributed by atoms with van der Waals surface area (Å²) in [5.41, 5.74) is 7.20. The lowest BCUT2D eigenvalue weighted by Gasteiger charge is -2.32. The summed E-state index contributed by atoms with van der Waals surface area (Å²) >= 11 is 3.43. The third-order valence-electron chi connectivity index (χ3n) is 4.37. The number of nitrogens with zero attached hydrogens (tertiary/aromatic N) is 1. The van der Waals surface area contributed by atoms with E-state index in [4.69, 9.17) is 5.73 Å². The highest BCUT2D eigenvalue weighted by molar-refractivity contribution is 9.10. The van der Waals surface area contributed by atoms with Gasteiger partial charge in [0.05, 0.1) is 5.56 Å². The summed E-state index contributed by atoms with van der Waals surface area (Å²) in [7, 11) is 0. The van der Waals surface area contributed by atoms with E-state index in [9.17, 15) is 4.79 Å². The Morgan fingerprint density at radius 3 is 2.81 bits per heavy atom. The molecule has 1 aromatic carbocycles. The van der Waals surface area contributed by atoms with E-state index in [-0.39, 0.29) is 5.91 Å². The minimum absolute atomic E-state index is 0.348. The molecule has 1 heterocycles. The fourth-order valence-corrected chi connectivity index (χ4v) is 3.51. The highest BCUT2D eigenvalue weighted by Gasteiger charge is 2.33. The second-order valence-corrected chi connectivity index (χ2v) is 7.04. The molecule has 2 fully saturated rings. The van der Waals surface area contributed by atoms with Gasteiger partial charge in [0.25, 0.3) is 5.91 Å². The fourth-order valence-electron chi connectivity index (χ4n) is 3.14. The van der Waals surface area contributed by atoms with Crippen LogP contribution in [0.1, 0.15) is 36.0 Å². The lowest BCUT2D eigenvalue weighted by atomic mass is 9.98. The topological polar surface area (TPSA) is 58.4 Å². The third-order valence-corrected chi connectivity index (χ3v) is 4.87. The molecule has 0 bridgehead atoms. The molecule has 0 aromatic heterocycles. The van der Waals surface area contributed by atoms with Crippen molar-refractivity contribution < 1.29 is 4.79 Å². The van der Waals surface area contributed by atoms with E-state index in [1.165, 1.54) is 25.7 Å². The molecule has 2 aliphatic rings. The van der Waals surface area contributed by atoms with Crippen molar-refractivity contribution in [3.05, 3.63) is 28.2 Å². The van der Waals surface area contributed by atoms with Gasteiger partial charge < -0.3 is 16.0 Å². The van der Waals surface area contributed by atoms with Crippen LogP contribution in [-0.4, -0.2) is 31.6 Å². The molecule has 1 aliphatic carbocycles. The minimum Gasteiger partial charge on any atom is -0.368 e. The normalized spacial score (nSPS) is 22.0. The van der Waals surface area contributed by atoms with E-state index in [1.54, 1.807) is 0 Å². The number of piperidine rings is 1. The van der Waals surface area contributed by atoms with Crippen molar-refractivity contribution >= 4 is 27.5 Å². The predicted molar refractivity (Wildman–Crippen MR) is 88.6 cm³/mol. The van der Waals surface area contributed by atoms with Crippen LogP contribution in [0.3, 0.4) is 0 Å². The van der Waals surface area contributed by atoms with Crippen molar-refractivity contribution in [2.24, 2.45) is 11.7 Å². The third kappa shape index (κ3) is 3.58. The van der Waals surface area contributed by atoms with E-state index in [2.05, 4.69) is 26.1 Å². The Balaban J connectivity index is 1.85. The van der Waals surface area contributed by atoms with E-state index < -0.39 is 0 Å². The maximum absolute atomic E-state index is 11.8. The van der Waals surface area contributed by atoms with Crippen molar-refractivity contribution in [3.63, 3.8) is 0 Å². The van der Waals surface area contributed by atoms with Crippen molar-refractivity contribution in [2.45, 2.75) is 31.7 Å². The molecule has 1 unspecified atom stereocenters. The second-order valence-electron chi connectivity index (χ2n) is 6.12. The van der Waals surface area contributed by atoms with Gasteiger partial charge in [0, 0.05) is 22.7 Å². The van der Waals surface area contributed by atoms with Gasteiger partial charge in [0.2, 0.25) is 0 Å². The lowest BCUT2D eigenvalue weighted by Crippen LogP contribution is -2.40. The molecule has 1 aliphatic heterocycles. The number of carbonyl (C=O) groups is 1. The van der Waals surface area contributed by atoms with Crippen LogP contribution in [0.5, 0.6) is 0 Å². The van der Waals surface area contributed by atoms with E-state index in [0.717, 1.165) is 29.8 Å². The number of hydrogen-bond acceptors (Lipinski definition) is 3. The van der Waals surface area contributed by atoms with Crippen molar-refractivity contribution in [1.82, 2.24) is 5.32 Å². The molecule has 0 spiro atoms. The molecular weight excluding hydrogens is 330 g/mol. The van der Waals surface area contributed by atoms with Gasteiger partial charge in [0.15, 0.2) is 0 Å². The van der Waals surface area contributed by atoms with Gasteiger partial charge in [0.1, 0.15) is 0 Å². The number of anilines is 1. The van der Waals surface area contributed by atoms with Crippen LogP contribution in [-0.2, 0) is 0 Å². The number of carbonyl (C=O) groups excluding carboxylic acids is 1. The molecule has 1 atom stereocenters. The van der Waals surface area contributed by atoms with Crippen LogP contribution in [0, 0.1) is 5.92 Å². The zero-order valence-electron chi connectivity index (χ0n) is 12.1. The van der Waals surface area contributed by atoms with Crippen LogP contribution in [0.2, 0.25) is 0 Å². The summed E-state index contributed by atoms with van der Waals surface area (Å²) in [6.07, 6.45) is 4.94. The number of benzene rings is 1. The fraction of sp³-hybridized carbons (Fsp3) is 0.562. The summed E-state index contributed by atoms with van der Waals surface area (Å²) in [5, 5.41) is 3.47. The molecular formula is C16H22BrN3O. The lowest BCUT2D eigenvalue weighted by molar-refractivity contribution is 0.100. The molecule has 0 radical (unpaired) electrons. The summed E-state index contributed by atoms with van der Waals surface area (Å²) in [6, 6.07) is 6.44. The Labute approximate surface area is 134 Å². The highest BCUT2D eigenvalue weighted by atomic mass is 79.9. The van der Waals surface area contributed by atoms with Crippen LogP contribution in [0.4, 0.5) is 5.69 Å². The molecule has 114 valence electrons. The van der Waals surface area contributed by atoms with Gasteiger partial charge in [-0.2, -0.15) is 0 Å². The maximum atomic E-state index is 11.8. The maximum Gasteiger partial charge on any atom is 0.250 e. The largest absolute Gasteiger partial charge is 0.368 e. The van der Waals surface area contributed by atoms with Crippen molar-refractivity contribution in [1.29, 1.82) is 0 Å². The van der Waals surface area contributed by atoms with Crippen molar-refractivity contribution in [3.8, 4) is 0 Å². The van der Waals surface area contributed by atoms with Gasteiger partial charge in [-0.1, -0.05) is 15.9 Å². The molecule has 3 rings (SSSR count). The molecule has 5 heteroatoms. The number of halogens is 1. The highest BCUT2D eigenvalue weighted by Crippen LogP contribution is 2.35. The SMILES string of the molecule is NC(=O)c1cc(Br)ccc1N(CC1CCCNC1)C1CC1. The number of hydrogen-bond donors (Lipinski definition) is 2. The number of amides is 1. The molecule has 4 nitrogen and oxygen atoms in total. The Kier molecular flexibility index (Phi) is 4.50. The Bertz CT molecular complexity index is 524. The Morgan fingerprint density at radius 2 is 2.19 bits per heavy atom. The van der Waals surface area contributed by atoms with E-state index in [1.807, 2.05) is 18.2 Å². The smallest absolute Gasteiger partial charge is 0.250 e. The molecule has 21 heavy (non-hydrogen) atoms. The molecule has 3 N–H and O–H groups in total. The van der Waals surface area contributed by atoms with E-state index in [0.29, 0.717) is 17.5 Å². The van der Waals surface area contributed by atoms with Gasteiger partial charge in [-0.05, 0) is 62.9 Å². The van der Waals surface area contributed by atoms with Crippen LogP contribution in [0.25, 0.3) is 0 Å². The Hall–Kier alpha value is -1.07. The number of nitrogens with two attached hydrogens (primary N) is 1. The second kappa shape index (κ2) is 6.36. The first-order valence-corrected chi connectivity index (χ1v) is 8.51. The number of nitrogens with one attached hydrogen (secondary N) is 1. The average molecular weight is 352 g/mol. The van der Waals surface area contributed by atoms with Crippen molar-refractivity contribution in [2.75, 3.05) is 24.5 Å². The summed E-state index contributed by atoms with van der Waals surface area (Å²) in [5.74, 6) is 0.308. The quantitative estimate of drug-likeness (QED) is 0.856. The summed E-state index contributed by atoms with van der Waals surface area (Å²) in [4.78, 5) is 14.2. The molecule has 1 aromatic rings. The number of rotatable bonds is 5. The standard InChI is InChI=1S/C16H22BrN3O/c17-12-3-6-15(14(8-12)16(18)21)20(13-4-5-13)10-11-2-1-7-19-9-11/h3,6,8,11,13,19H,1-2,4-5,7,9-10H2,(H2,18,21). The average Bonchev–Trinajstić information content (AvgIpc) is 3.31. The van der Waals surface area contributed by atoms with Gasteiger partial charge in [-0.15, -0.1) is 0 Å². The molecule has 1 saturated heterocycles. The minimum atomic E-state index is -0.348. The van der Waals surface area contributed by atoms with E-state index >= 15 is 0 Å². The summed E-state index contributed by atoms with van der Waals surface area (Å²) in [6.45, 7) is 3.22. The zero-order chi connectivity index (χ0) is 14.8. The van der Waals surface area contributed by atoms with Gasteiger partial charge in [-0.3, -0.25) is 4.79 Å². The molecule has 1 amide bonds. The first-order chi connectivity index (χ1) is 10.1. The summed E-state index contributed by atoms with van der Waals surface area (Å²) < 4.78 is 0.898. The first-order valence-electron chi connectivity index (χ1n) is 7.72.